The molecule has 4 aromatic rings. The molecule has 1 amide bonds. The van der Waals surface area contributed by atoms with E-state index in [0.29, 0.717) is 24.7 Å². The Hall–Kier alpha value is -3.73. The Morgan fingerprint density at radius 2 is 1.94 bits per heavy atom. The van der Waals surface area contributed by atoms with Crippen LogP contribution in [0.25, 0.3) is 27.7 Å². The van der Waals surface area contributed by atoms with Crippen molar-refractivity contribution in [1.29, 1.82) is 0 Å². The lowest BCUT2D eigenvalue weighted by Crippen LogP contribution is -2.20. The van der Waals surface area contributed by atoms with Crippen molar-refractivity contribution in [3.8, 4) is 16.9 Å². The van der Waals surface area contributed by atoms with E-state index >= 15 is 0 Å². The summed E-state index contributed by atoms with van der Waals surface area (Å²) in [5, 5.41) is 3.84. The first-order chi connectivity index (χ1) is 15.5. The summed E-state index contributed by atoms with van der Waals surface area (Å²) >= 11 is 0. The lowest BCUT2D eigenvalue weighted by Gasteiger charge is -2.12. The van der Waals surface area contributed by atoms with Crippen LogP contribution in [0.1, 0.15) is 36.3 Å². The third-order valence-electron chi connectivity index (χ3n) is 5.44. The molecule has 0 aliphatic rings. The number of carbonyl (C=O) groups excluding carboxylic acids is 1. The quantitative estimate of drug-likeness (QED) is 0.344. The molecule has 0 spiro atoms. The summed E-state index contributed by atoms with van der Waals surface area (Å²) in [6.45, 7) is 8.89. The molecule has 2 aromatic heterocycles. The maximum Gasteiger partial charge on any atom is 0.244 e. The Morgan fingerprint density at radius 1 is 1.09 bits per heavy atom. The summed E-state index contributed by atoms with van der Waals surface area (Å²) in [7, 11) is 0. The first kappa shape index (κ1) is 21.5. The summed E-state index contributed by atoms with van der Waals surface area (Å²) in [4.78, 5) is 12.5. The molecule has 32 heavy (non-hydrogen) atoms. The molecule has 164 valence electrons. The van der Waals surface area contributed by atoms with Crippen molar-refractivity contribution in [2.45, 2.75) is 34.2 Å². The van der Waals surface area contributed by atoms with Crippen LogP contribution in [0.3, 0.4) is 0 Å². The highest BCUT2D eigenvalue weighted by atomic mass is 16.5. The number of aryl methyl sites for hydroxylation is 2. The van der Waals surface area contributed by atoms with Crippen LogP contribution in [0.4, 0.5) is 0 Å². The number of hydrogen-bond acceptors (Lipinski definition) is 4. The van der Waals surface area contributed by atoms with E-state index < -0.39 is 0 Å². The van der Waals surface area contributed by atoms with Gasteiger partial charge in [0, 0.05) is 28.7 Å². The molecule has 0 radical (unpaired) electrons. The van der Waals surface area contributed by atoms with Crippen molar-refractivity contribution < 1.29 is 18.4 Å². The van der Waals surface area contributed by atoms with Gasteiger partial charge in [-0.15, -0.1) is 0 Å². The van der Waals surface area contributed by atoms with Crippen molar-refractivity contribution in [3.05, 3.63) is 83.5 Å². The predicted octanol–water partition coefficient (Wildman–Crippen LogP) is 6.43. The topological polar surface area (TPSA) is 64.6 Å². The number of amides is 1. The highest BCUT2D eigenvalue weighted by molar-refractivity contribution is 6.00. The highest BCUT2D eigenvalue weighted by Gasteiger charge is 2.16. The third kappa shape index (κ3) is 4.47. The van der Waals surface area contributed by atoms with Gasteiger partial charge < -0.3 is 18.9 Å². The van der Waals surface area contributed by atoms with Gasteiger partial charge in [0.05, 0.1) is 25.7 Å². The lowest BCUT2D eigenvalue weighted by molar-refractivity contribution is -0.116. The predicted molar refractivity (Wildman–Crippen MR) is 126 cm³/mol. The number of hydrogen-bond donors (Lipinski definition) is 1. The fourth-order valence-corrected chi connectivity index (χ4v) is 3.88. The summed E-state index contributed by atoms with van der Waals surface area (Å²) in [5.74, 6) is 1.20. The minimum Gasteiger partial charge on any atom is -0.493 e. The fraction of sp³-hybridized carbons (Fsp3) is 0.222. The largest absolute Gasteiger partial charge is 0.493 e. The number of fused-ring (bicyclic) bond motifs is 1. The van der Waals surface area contributed by atoms with Gasteiger partial charge in [-0.1, -0.05) is 23.8 Å². The molecular formula is C27H27NO4. The number of furan rings is 2. The minimum atomic E-state index is -0.191. The second kappa shape index (κ2) is 9.18. The SMILES string of the molecule is CCOc1cc2occ(-c3ccc(C)cc3C)c2cc1/C(C)=C/C(=O)NCc1ccco1. The van der Waals surface area contributed by atoms with Gasteiger partial charge in [0.25, 0.3) is 0 Å². The van der Waals surface area contributed by atoms with Crippen molar-refractivity contribution in [3.63, 3.8) is 0 Å². The smallest absolute Gasteiger partial charge is 0.244 e. The second-order valence-corrected chi connectivity index (χ2v) is 7.87. The Bertz CT molecular complexity index is 1280. The molecule has 2 heterocycles. The Labute approximate surface area is 187 Å². The van der Waals surface area contributed by atoms with Gasteiger partial charge in [-0.2, -0.15) is 0 Å². The molecule has 0 unspecified atom stereocenters. The highest BCUT2D eigenvalue weighted by Crippen LogP contribution is 2.38. The van der Waals surface area contributed by atoms with E-state index in [-0.39, 0.29) is 5.91 Å². The van der Waals surface area contributed by atoms with Gasteiger partial charge in [0.15, 0.2) is 0 Å². The van der Waals surface area contributed by atoms with Crippen LogP contribution in [0, 0.1) is 13.8 Å². The third-order valence-corrected chi connectivity index (χ3v) is 5.44. The van der Waals surface area contributed by atoms with E-state index in [9.17, 15) is 4.79 Å². The monoisotopic (exact) mass is 429 g/mol. The fourth-order valence-electron chi connectivity index (χ4n) is 3.88. The maximum absolute atomic E-state index is 12.5. The van der Waals surface area contributed by atoms with Gasteiger partial charge >= 0.3 is 0 Å². The van der Waals surface area contributed by atoms with E-state index in [1.807, 2.05) is 32.0 Å². The van der Waals surface area contributed by atoms with Gasteiger partial charge in [-0.05, 0) is 62.6 Å². The van der Waals surface area contributed by atoms with Crippen LogP contribution >= 0.6 is 0 Å². The van der Waals surface area contributed by atoms with Crippen LogP contribution in [-0.2, 0) is 11.3 Å². The van der Waals surface area contributed by atoms with Crippen LogP contribution in [0.5, 0.6) is 5.75 Å². The lowest BCUT2D eigenvalue weighted by atomic mass is 9.96. The number of allylic oxidation sites excluding steroid dienone is 1. The van der Waals surface area contributed by atoms with Gasteiger partial charge in [-0.25, -0.2) is 0 Å². The first-order valence-corrected chi connectivity index (χ1v) is 10.7. The van der Waals surface area contributed by atoms with Crippen LogP contribution in [0.15, 0.2) is 69.9 Å². The molecule has 0 saturated heterocycles. The molecular weight excluding hydrogens is 402 g/mol. The van der Waals surface area contributed by atoms with Crippen molar-refractivity contribution >= 4 is 22.4 Å². The van der Waals surface area contributed by atoms with Crippen molar-refractivity contribution in [1.82, 2.24) is 5.32 Å². The van der Waals surface area contributed by atoms with E-state index in [1.165, 1.54) is 11.1 Å². The van der Waals surface area contributed by atoms with E-state index in [4.69, 9.17) is 13.6 Å². The molecule has 2 aromatic carbocycles. The second-order valence-electron chi connectivity index (χ2n) is 7.87. The van der Waals surface area contributed by atoms with Crippen molar-refractivity contribution in [2.24, 2.45) is 0 Å². The van der Waals surface area contributed by atoms with Crippen LogP contribution in [-0.4, -0.2) is 12.5 Å². The van der Waals surface area contributed by atoms with Crippen LogP contribution < -0.4 is 10.1 Å². The molecule has 4 rings (SSSR count). The molecule has 0 fully saturated rings. The number of rotatable bonds is 7. The average molecular weight is 430 g/mol. The number of carbonyl (C=O) groups is 1. The summed E-state index contributed by atoms with van der Waals surface area (Å²) < 4.78 is 17.0. The van der Waals surface area contributed by atoms with Gasteiger partial charge in [0.2, 0.25) is 5.91 Å². The normalized spacial score (nSPS) is 11.7. The standard InChI is InChI=1S/C27H27NO4/c1-5-30-25-14-26-23(24(16-32-26)21-9-8-17(2)11-18(21)3)13-22(25)19(4)12-27(29)28-15-20-7-6-10-31-20/h6-14,16H,5,15H2,1-4H3,(H,28,29)/b19-12+. The molecule has 1 N–H and O–H groups in total. The summed E-state index contributed by atoms with van der Waals surface area (Å²) in [6.07, 6.45) is 4.96. The molecule has 5 nitrogen and oxygen atoms in total. The van der Waals surface area contributed by atoms with E-state index in [1.54, 1.807) is 24.7 Å². The molecule has 0 bridgehead atoms. The summed E-state index contributed by atoms with van der Waals surface area (Å²) in [6, 6.07) is 14.0. The summed E-state index contributed by atoms with van der Waals surface area (Å²) in [5.41, 5.74) is 6.98. The Kier molecular flexibility index (Phi) is 6.17. The van der Waals surface area contributed by atoms with E-state index in [0.717, 1.165) is 33.2 Å². The molecule has 0 atom stereocenters. The number of ether oxygens (including phenoxy) is 1. The molecule has 5 heteroatoms. The first-order valence-electron chi connectivity index (χ1n) is 10.7. The molecule has 0 aliphatic heterocycles. The zero-order chi connectivity index (χ0) is 22.7. The van der Waals surface area contributed by atoms with Gasteiger partial charge in [-0.3, -0.25) is 4.79 Å². The van der Waals surface area contributed by atoms with Gasteiger partial charge in [0.1, 0.15) is 17.1 Å². The zero-order valence-corrected chi connectivity index (χ0v) is 18.8. The maximum atomic E-state index is 12.5. The Balaban J connectivity index is 1.71. The minimum absolute atomic E-state index is 0.191. The number of benzene rings is 2. The Morgan fingerprint density at radius 3 is 2.66 bits per heavy atom. The van der Waals surface area contributed by atoms with E-state index in [2.05, 4.69) is 37.4 Å². The number of nitrogens with one attached hydrogen (secondary N) is 1. The molecule has 0 saturated carbocycles. The van der Waals surface area contributed by atoms with Crippen molar-refractivity contribution in [2.75, 3.05) is 6.61 Å². The average Bonchev–Trinajstić information content (AvgIpc) is 3.42. The zero-order valence-electron chi connectivity index (χ0n) is 18.8. The molecule has 0 aliphatic carbocycles. The van der Waals surface area contributed by atoms with Crippen LogP contribution in [0.2, 0.25) is 0 Å².